The fraction of sp³-hybridized carbons (Fsp3) is 0.571. The third kappa shape index (κ3) is 4.30. The van der Waals surface area contributed by atoms with E-state index in [-0.39, 0.29) is 4.92 Å². The molecule has 0 aliphatic rings. The molecule has 0 aliphatic carbocycles. The third-order valence-electron chi connectivity index (χ3n) is 2.80. The predicted octanol–water partition coefficient (Wildman–Crippen LogP) is 3.41. The third-order valence-corrected chi connectivity index (χ3v) is 3.85. The van der Waals surface area contributed by atoms with Crippen molar-refractivity contribution in [2.24, 2.45) is 0 Å². The molecule has 0 fully saturated rings. The van der Waals surface area contributed by atoms with E-state index >= 15 is 0 Å². The first-order valence-electron chi connectivity index (χ1n) is 6.44. The van der Waals surface area contributed by atoms with Crippen molar-refractivity contribution < 1.29 is 14.4 Å². The van der Waals surface area contributed by atoms with E-state index in [1.54, 1.807) is 32.9 Å². The summed E-state index contributed by atoms with van der Waals surface area (Å²) in [6.07, 6.45) is 0.319. The molecule has 0 aliphatic heterocycles. The molecule has 112 valence electrons. The van der Waals surface area contributed by atoms with E-state index in [2.05, 4.69) is 13.8 Å². The molecule has 0 saturated carbocycles. The molecule has 1 rings (SSSR count). The summed E-state index contributed by atoms with van der Waals surface area (Å²) >= 11 is 1.67. The van der Waals surface area contributed by atoms with Gasteiger partial charge in [0, 0.05) is 29.1 Å². The van der Waals surface area contributed by atoms with Crippen molar-refractivity contribution in [1.82, 2.24) is 0 Å². The Hall–Kier alpha value is -1.43. The van der Waals surface area contributed by atoms with Crippen molar-refractivity contribution in [1.29, 1.82) is 0 Å². The quantitative estimate of drug-likeness (QED) is 0.438. The second-order valence-corrected chi connectivity index (χ2v) is 6.44. The average Bonchev–Trinajstić information content (AvgIpc) is 2.38. The van der Waals surface area contributed by atoms with Crippen LogP contribution in [0.15, 0.2) is 17.0 Å². The van der Waals surface area contributed by atoms with Gasteiger partial charge in [0.05, 0.1) is 19.1 Å². The zero-order valence-electron chi connectivity index (χ0n) is 12.5. The average molecular weight is 299 g/mol. The summed E-state index contributed by atoms with van der Waals surface area (Å²) < 4.78 is 10.7. The van der Waals surface area contributed by atoms with Crippen molar-refractivity contribution in [2.75, 3.05) is 14.2 Å². The maximum atomic E-state index is 10.8. The van der Waals surface area contributed by atoms with Gasteiger partial charge >= 0.3 is 0 Å². The maximum absolute atomic E-state index is 10.8. The highest BCUT2D eigenvalue weighted by Gasteiger charge is 2.19. The van der Waals surface area contributed by atoms with Crippen molar-refractivity contribution in [3.63, 3.8) is 0 Å². The minimum absolute atomic E-state index is 0.289. The van der Waals surface area contributed by atoms with Crippen LogP contribution < -0.4 is 9.47 Å². The normalized spacial score (nSPS) is 12.3. The molecule has 1 aromatic carbocycles. The van der Waals surface area contributed by atoms with Crippen LogP contribution in [0.3, 0.4) is 0 Å². The molecule has 0 bridgehead atoms. The fourth-order valence-electron chi connectivity index (χ4n) is 1.83. The minimum atomic E-state index is -0.655. The lowest BCUT2D eigenvalue weighted by molar-refractivity contribution is -0.517. The Kier molecular flexibility index (Phi) is 6.13. The van der Waals surface area contributed by atoms with E-state index in [4.69, 9.17) is 9.47 Å². The van der Waals surface area contributed by atoms with Crippen LogP contribution in [0.5, 0.6) is 11.5 Å². The Bertz CT molecular complexity index is 476. The van der Waals surface area contributed by atoms with Gasteiger partial charge in [-0.1, -0.05) is 13.8 Å². The number of methoxy groups -OCH3 is 2. The van der Waals surface area contributed by atoms with Crippen molar-refractivity contribution in [3.05, 3.63) is 27.8 Å². The smallest absolute Gasteiger partial charge is 0.214 e. The van der Waals surface area contributed by atoms with E-state index < -0.39 is 6.04 Å². The molecule has 5 nitrogen and oxygen atoms in total. The Balaban J connectivity index is 3.14. The van der Waals surface area contributed by atoms with Crippen LogP contribution in [0.25, 0.3) is 0 Å². The molecule has 20 heavy (non-hydrogen) atoms. The summed E-state index contributed by atoms with van der Waals surface area (Å²) in [5.41, 5.74) is 0.793. The lowest BCUT2D eigenvalue weighted by Gasteiger charge is -2.16. The van der Waals surface area contributed by atoms with Crippen LogP contribution in [0.1, 0.15) is 26.3 Å². The van der Waals surface area contributed by atoms with Gasteiger partial charge in [-0.2, -0.15) is 0 Å². The van der Waals surface area contributed by atoms with Crippen LogP contribution in [0.2, 0.25) is 0 Å². The van der Waals surface area contributed by atoms with Gasteiger partial charge in [0.1, 0.15) is 11.5 Å². The predicted molar refractivity (Wildman–Crippen MR) is 80.7 cm³/mol. The summed E-state index contributed by atoms with van der Waals surface area (Å²) in [5.74, 6) is 1.40. The molecular weight excluding hydrogens is 278 g/mol. The molecule has 0 unspecified atom stereocenters. The molecule has 6 heteroatoms. The standard InChI is InChI=1S/C14H21NO4S/c1-9(2)20-14-8-12(18-4)11(7-13(14)19-5)6-10(3)15(16)17/h7-10H,6H2,1-5H3/t10-/m1/s1. The highest BCUT2D eigenvalue weighted by atomic mass is 32.2. The molecule has 0 spiro atoms. The monoisotopic (exact) mass is 299 g/mol. The highest BCUT2D eigenvalue weighted by Crippen LogP contribution is 2.38. The largest absolute Gasteiger partial charge is 0.496 e. The molecule has 0 amide bonds. The number of thioether (sulfide) groups is 1. The Morgan fingerprint density at radius 2 is 1.80 bits per heavy atom. The van der Waals surface area contributed by atoms with Crippen molar-refractivity contribution in [2.45, 2.75) is 43.4 Å². The number of benzene rings is 1. The molecule has 1 aromatic rings. The van der Waals surface area contributed by atoms with Gasteiger partial charge < -0.3 is 9.47 Å². The van der Waals surface area contributed by atoms with Gasteiger partial charge in [-0.15, -0.1) is 11.8 Å². The summed E-state index contributed by atoms with van der Waals surface area (Å²) in [7, 11) is 3.18. The van der Waals surface area contributed by atoms with Crippen molar-refractivity contribution in [3.8, 4) is 11.5 Å². The zero-order chi connectivity index (χ0) is 15.3. The number of ether oxygens (including phenoxy) is 2. The first-order valence-corrected chi connectivity index (χ1v) is 7.32. The molecule has 0 radical (unpaired) electrons. The fourth-order valence-corrected chi connectivity index (χ4v) is 2.77. The number of nitrogens with zero attached hydrogens (tertiary/aromatic N) is 1. The first-order chi connectivity index (χ1) is 9.38. The SMILES string of the molecule is COc1cc(SC(C)C)c(OC)cc1C[C@@H](C)[N+](=O)[O-]. The van der Waals surface area contributed by atoms with E-state index in [0.717, 1.165) is 16.2 Å². The van der Waals surface area contributed by atoms with Crippen LogP contribution >= 0.6 is 11.8 Å². The lowest BCUT2D eigenvalue weighted by atomic mass is 10.1. The van der Waals surface area contributed by atoms with Gasteiger partial charge in [-0.3, -0.25) is 10.1 Å². The number of hydrogen-bond acceptors (Lipinski definition) is 5. The van der Waals surface area contributed by atoms with Crippen molar-refractivity contribution >= 4 is 11.8 Å². The molecule has 0 saturated heterocycles. The second kappa shape index (κ2) is 7.38. The van der Waals surface area contributed by atoms with E-state index in [1.807, 2.05) is 12.1 Å². The Labute approximate surface area is 123 Å². The summed E-state index contributed by atoms with van der Waals surface area (Å²) in [6.45, 7) is 5.78. The highest BCUT2D eigenvalue weighted by molar-refractivity contribution is 8.00. The number of rotatable bonds is 7. The van der Waals surface area contributed by atoms with E-state index in [1.165, 1.54) is 0 Å². The number of hydrogen-bond donors (Lipinski definition) is 0. The van der Waals surface area contributed by atoms with Crippen LogP contribution in [-0.2, 0) is 6.42 Å². The van der Waals surface area contributed by atoms with Gasteiger partial charge in [0.25, 0.3) is 0 Å². The number of nitro groups is 1. The molecule has 0 heterocycles. The lowest BCUT2D eigenvalue weighted by Crippen LogP contribution is -2.18. The first kappa shape index (κ1) is 16.6. The van der Waals surface area contributed by atoms with Gasteiger partial charge in [-0.25, -0.2) is 0 Å². The summed E-state index contributed by atoms with van der Waals surface area (Å²) in [5, 5.41) is 11.2. The van der Waals surface area contributed by atoms with E-state index in [0.29, 0.717) is 17.4 Å². The Morgan fingerprint density at radius 1 is 1.20 bits per heavy atom. The molecular formula is C14H21NO4S. The Morgan fingerprint density at radius 3 is 2.25 bits per heavy atom. The minimum Gasteiger partial charge on any atom is -0.496 e. The van der Waals surface area contributed by atoms with Gasteiger partial charge in [-0.05, 0) is 12.1 Å². The van der Waals surface area contributed by atoms with E-state index in [9.17, 15) is 10.1 Å². The summed E-state index contributed by atoms with van der Waals surface area (Å²) in [6, 6.07) is 3.08. The molecule has 0 aromatic heterocycles. The zero-order valence-corrected chi connectivity index (χ0v) is 13.3. The molecule has 0 N–H and O–H groups in total. The second-order valence-electron chi connectivity index (χ2n) is 4.82. The molecule has 1 atom stereocenters. The summed E-state index contributed by atoms with van der Waals surface area (Å²) in [4.78, 5) is 11.5. The van der Waals surface area contributed by atoms with Crippen LogP contribution in [-0.4, -0.2) is 30.4 Å². The van der Waals surface area contributed by atoms with Gasteiger partial charge in [0.2, 0.25) is 6.04 Å². The van der Waals surface area contributed by atoms with Crippen LogP contribution in [0.4, 0.5) is 0 Å². The topological polar surface area (TPSA) is 61.6 Å². The van der Waals surface area contributed by atoms with Crippen LogP contribution in [0, 0.1) is 10.1 Å². The maximum Gasteiger partial charge on any atom is 0.214 e. The van der Waals surface area contributed by atoms with Gasteiger partial charge in [0.15, 0.2) is 0 Å².